The molecule has 2 aromatic heterocycles. The molecule has 0 saturated carbocycles. The summed E-state index contributed by atoms with van der Waals surface area (Å²) >= 11 is 1.27. The van der Waals surface area contributed by atoms with E-state index in [1.165, 1.54) is 30.6 Å². The molecule has 32 heavy (non-hydrogen) atoms. The highest BCUT2D eigenvalue weighted by atomic mass is 32.1. The van der Waals surface area contributed by atoms with Crippen molar-refractivity contribution in [2.45, 2.75) is 19.1 Å². The standard InChI is InChI=1S/C23H22F2N2O4S/c1-13-18(8-20(32-13)22(28)30-3)21-19(31-10-14-4-16(24)7-17(25)5-14)6-15(9-26-21)23(29)11-27(2)12-23/h4-9,29H,10-12H2,1-3H3. The van der Waals surface area contributed by atoms with Gasteiger partial charge in [-0.05, 0) is 43.8 Å². The number of nitrogens with zero attached hydrogens (tertiary/aromatic N) is 2. The zero-order chi connectivity index (χ0) is 23.0. The zero-order valence-corrected chi connectivity index (χ0v) is 18.6. The Morgan fingerprint density at radius 3 is 2.53 bits per heavy atom. The average Bonchev–Trinajstić information content (AvgIpc) is 3.11. The highest BCUT2D eigenvalue weighted by molar-refractivity contribution is 7.14. The maximum absolute atomic E-state index is 13.6. The fourth-order valence-electron chi connectivity index (χ4n) is 3.81. The van der Waals surface area contributed by atoms with Gasteiger partial charge >= 0.3 is 5.97 Å². The van der Waals surface area contributed by atoms with Crippen LogP contribution in [0.4, 0.5) is 8.78 Å². The third-order valence-electron chi connectivity index (χ3n) is 5.33. The minimum absolute atomic E-state index is 0.0990. The summed E-state index contributed by atoms with van der Waals surface area (Å²) in [5.74, 6) is -1.50. The molecule has 0 atom stereocenters. The van der Waals surface area contributed by atoms with Crippen LogP contribution in [0, 0.1) is 18.6 Å². The van der Waals surface area contributed by atoms with Crippen LogP contribution < -0.4 is 4.74 Å². The van der Waals surface area contributed by atoms with Crippen molar-refractivity contribution in [1.82, 2.24) is 9.88 Å². The summed E-state index contributed by atoms with van der Waals surface area (Å²) < 4.78 is 37.9. The highest BCUT2D eigenvalue weighted by Crippen LogP contribution is 2.39. The van der Waals surface area contributed by atoms with Gasteiger partial charge in [0.1, 0.15) is 40.2 Å². The summed E-state index contributed by atoms with van der Waals surface area (Å²) in [5.41, 5.74) is 0.995. The van der Waals surface area contributed by atoms with Crippen molar-refractivity contribution in [3.63, 3.8) is 0 Å². The molecule has 0 unspecified atom stereocenters. The number of hydrogen-bond donors (Lipinski definition) is 1. The lowest BCUT2D eigenvalue weighted by Crippen LogP contribution is -2.57. The molecule has 1 aromatic carbocycles. The molecule has 0 bridgehead atoms. The van der Waals surface area contributed by atoms with Gasteiger partial charge in [-0.1, -0.05) is 0 Å². The normalized spacial score (nSPS) is 15.3. The van der Waals surface area contributed by atoms with E-state index in [4.69, 9.17) is 9.47 Å². The monoisotopic (exact) mass is 460 g/mol. The van der Waals surface area contributed by atoms with Crippen LogP contribution >= 0.6 is 11.3 Å². The largest absolute Gasteiger partial charge is 0.487 e. The van der Waals surface area contributed by atoms with Gasteiger partial charge in [0.05, 0.1) is 7.11 Å². The summed E-state index contributed by atoms with van der Waals surface area (Å²) in [6.45, 7) is 2.65. The second-order valence-electron chi connectivity index (χ2n) is 7.91. The number of ether oxygens (including phenoxy) is 2. The number of esters is 1. The lowest BCUT2D eigenvalue weighted by Gasteiger charge is -2.44. The summed E-state index contributed by atoms with van der Waals surface area (Å²) in [6.07, 6.45) is 1.59. The molecule has 1 fully saturated rings. The van der Waals surface area contributed by atoms with Crippen LogP contribution in [0.5, 0.6) is 5.75 Å². The van der Waals surface area contributed by atoms with Crippen molar-refractivity contribution in [3.05, 3.63) is 69.0 Å². The Bertz CT molecular complexity index is 1150. The van der Waals surface area contributed by atoms with Crippen molar-refractivity contribution in [2.75, 3.05) is 27.2 Å². The Balaban J connectivity index is 1.72. The molecule has 4 rings (SSSR count). The summed E-state index contributed by atoms with van der Waals surface area (Å²) in [7, 11) is 3.21. The number of carbonyl (C=O) groups is 1. The number of aromatic nitrogens is 1. The number of halogens is 2. The molecule has 9 heteroatoms. The highest BCUT2D eigenvalue weighted by Gasteiger charge is 2.41. The number of aliphatic hydroxyl groups is 1. The molecule has 1 aliphatic rings. The SMILES string of the molecule is COC(=O)c1cc(-c2ncc(C3(O)CN(C)C3)cc2OCc2cc(F)cc(F)c2)c(C)s1. The van der Waals surface area contributed by atoms with Gasteiger partial charge in [0.25, 0.3) is 0 Å². The quantitative estimate of drug-likeness (QED) is 0.563. The zero-order valence-electron chi connectivity index (χ0n) is 17.8. The predicted octanol–water partition coefficient (Wildman–Crippen LogP) is 3.90. The molecule has 3 heterocycles. The van der Waals surface area contributed by atoms with Crippen LogP contribution in [0.25, 0.3) is 11.3 Å². The number of methoxy groups -OCH3 is 1. The van der Waals surface area contributed by atoms with Gasteiger partial charge in [-0.25, -0.2) is 13.6 Å². The molecule has 1 N–H and O–H groups in total. The first kappa shape index (κ1) is 22.3. The number of likely N-dealkylation sites (tertiary alicyclic amines) is 1. The second-order valence-corrected chi connectivity index (χ2v) is 9.17. The van der Waals surface area contributed by atoms with E-state index in [1.54, 1.807) is 18.3 Å². The van der Waals surface area contributed by atoms with Crippen LogP contribution in [0.15, 0.2) is 36.5 Å². The van der Waals surface area contributed by atoms with Gasteiger partial charge in [0.15, 0.2) is 0 Å². The van der Waals surface area contributed by atoms with E-state index in [9.17, 15) is 18.7 Å². The first-order chi connectivity index (χ1) is 15.2. The lowest BCUT2D eigenvalue weighted by atomic mass is 9.87. The van der Waals surface area contributed by atoms with Gasteiger partial charge in [0, 0.05) is 41.4 Å². The molecule has 0 spiro atoms. The smallest absolute Gasteiger partial charge is 0.348 e. The predicted molar refractivity (Wildman–Crippen MR) is 116 cm³/mol. The van der Waals surface area contributed by atoms with Crippen molar-refractivity contribution in [2.24, 2.45) is 0 Å². The van der Waals surface area contributed by atoms with Crippen molar-refractivity contribution in [3.8, 4) is 17.0 Å². The van der Waals surface area contributed by atoms with Crippen molar-refractivity contribution < 1.29 is 28.2 Å². The Labute approximate surface area is 188 Å². The first-order valence-corrected chi connectivity index (χ1v) is 10.7. The van der Waals surface area contributed by atoms with E-state index >= 15 is 0 Å². The summed E-state index contributed by atoms with van der Waals surface area (Å²) in [4.78, 5) is 19.7. The number of benzene rings is 1. The van der Waals surface area contributed by atoms with Gasteiger partial charge in [-0.2, -0.15) is 0 Å². The van der Waals surface area contributed by atoms with Crippen LogP contribution in [-0.2, 0) is 16.9 Å². The molecule has 1 aliphatic heterocycles. The van der Waals surface area contributed by atoms with Crippen LogP contribution in [0.2, 0.25) is 0 Å². The third kappa shape index (κ3) is 4.36. The summed E-state index contributed by atoms with van der Waals surface area (Å²) in [5, 5.41) is 10.9. The number of hydrogen-bond acceptors (Lipinski definition) is 7. The van der Waals surface area contributed by atoms with Crippen molar-refractivity contribution in [1.29, 1.82) is 0 Å². The molecule has 0 aliphatic carbocycles. The molecule has 6 nitrogen and oxygen atoms in total. The Hall–Kier alpha value is -2.88. The van der Waals surface area contributed by atoms with Gasteiger partial charge < -0.3 is 14.6 Å². The number of pyridine rings is 1. The maximum Gasteiger partial charge on any atom is 0.348 e. The van der Waals surface area contributed by atoms with E-state index in [1.807, 2.05) is 18.9 Å². The fraction of sp³-hybridized carbons (Fsp3) is 0.304. The van der Waals surface area contributed by atoms with E-state index in [-0.39, 0.29) is 6.61 Å². The van der Waals surface area contributed by atoms with Crippen LogP contribution in [-0.4, -0.2) is 48.2 Å². The molecule has 168 valence electrons. The molecule has 0 amide bonds. The first-order valence-electron chi connectivity index (χ1n) is 9.87. The van der Waals surface area contributed by atoms with E-state index in [2.05, 4.69) is 4.98 Å². The number of aryl methyl sites for hydroxylation is 1. The van der Waals surface area contributed by atoms with E-state index in [0.29, 0.717) is 46.1 Å². The molecule has 3 aromatic rings. The van der Waals surface area contributed by atoms with Gasteiger partial charge in [0.2, 0.25) is 0 Å². The van der Waals surface area contributed by atoms with E-state index < -0.39 is 23.2 Å². The Kier molecular flexibility index (Phi) is 5.98. The topological polar surface area (TPSA) is 71.9 Å². The van der Waals surface area contributed by atoms with Gasteiger partial charge in [-0.15, -0.1) is 11.3 Å². The lowest BCUT2D eigenvalue weighted by molar-refractivity contribution is -0.0921. The number of β-amino-alcohol motifs (C(OH)–C–C–N with tert-alkyl or cyclic N) is 1. The molecular weight excluding hydrogens is 438 g/mol. The molecule has 0 radical (unpaired) electrons. The third-order valence-corrected chi connectivity index (χ3v) is 6.36. The average molecular weight is 461 g/mol. The number of thiophene rings is 1. The van der Waals surface area contributed by atoms with Gasteiger partial charge in [-0.3, -0.25) is 9.88 Å². The fourth-order valence-corrected chi connectivity index (χ4v) is 4.75. The molecule has 1 saturated heterocycles. The Morgan fingerprint density at radius 2 is 1.91 bits per heavy atom. The number of rotatable bonds is 6. The van der Waals surface area contributed by atoms with Crippen LogP contribution in [0.1, 0.15) is 25.7 Å². The number of likely N-dealkylation sites (N-methyl/N-ethyl adjacent to an activating group) is 1. The molecular formula is C23H22F2N2O4S. The second kappa shape index (κ2) is 8.57. The van der Waals surface area contributed by atoms with E-state index in [0.717, 1.165) is 10.9 Å². The van der Waals surface area contributed by atoms with Crippen molar-refractivity contribution >= 4 is 17.3 Å². The van der Waals surface area contributed by atoms with Crippen LogP contribution in [0.3, 0.4) is 0 Å². The number of carbonyl (C=O) groups excluding carboxylic acids is 1. The minimum Gasteiger partial charge on any atom is -0.487 e. The maximum atomic E-state index is 13.6. The minimum atomic E-state index is -1.05. The summed E-state index contributed by atoms with van der Waals surface area (Å²) in [6, 6.07) is 6.55. The Morgan fingerprint density at radius 1 is 1.22 bits per heavy atom.